The number of aryl methyl sites for hydroxylation is 1. The molecule has 0 spiro atoms. The summed E-state index contributed by atoms with van der Waals surface area (Å²) in [5, 5.41) is 12.0. The second-order valence-corrected chi connectivity index (χ2v) is 6.44. The largest absolute Gasteiger partial charge is 0.481 e. The van der Waals surface area contributed by atoms with Crippen molar-refractivity contribution in [3.63, 3.8) is 0 Å². The summed E-state index contributed by atoms with van der Waals surface area (Å²) in [6.07, 6.45) is 3.16. The fraction of sp³-hybridized carbons (Fsp3) is 0.571. The van der Waals surface area contributed by atoms with Crippen molar-refractivity contribution in [2.45, 2.75) is 39.2 Å². The average molecular weight is 281 g/mol. The highest BCUT2D eigenvalue weighted by Crippen LogP contribution is 2.30. The first-order chi connectivity index (χ1) is 9.08. The molecule has 1 heterocycles. The molecule has 1 fully saturated rings. The Morgan fingerprint density at radius 3 is 2.58 bits per heavy atom. The Hall–Kier alpha value is -1.36. The number of aliphatic carboxylic acids is 1. The van der Waals surface area contributed by atoms with Gasteiger partial charge in [-0.05, 0) is 31.9 Å². The van der Waals surface area contributed by atoms with Crippen molar-refractivity contribution >= 4 is 23.2 Å². The smallest absolute Gasteiger partial charge is 0.307 e. The summed E-state index contributed by atoms with van der Waals surface area (Å²) in [4.78, 5) is 25.6. The highest BCUT2D eigenvalue weighted by Gasteiger charge is 2.35. The number of nitrogens with one attached hydrogen (secondary N) is 1. The first kappa shape index (κ1) is 14.1. The Bertz CT molecular complexity index is 469. The molecule has 2 atom stereocenters. The summed E-state index contributed by atoms with van der Waals surface area (Å²) >= 11 is 1.65. The number of carboxylic acids is 1. The van der Waals surface area contributed by atoms with Crippen molar-refractivity contribution in [1.29, 1.82) is 0 Å². The molecule has 2 N–H and O–H groups in total. The summed E-state index contributed by atoms with van der Waals surface area (Å²) in [5.41, 5.74) is 0. The normalized spacial score (nSPS) is 23.0. The van der Waals surface area contributed by atoms with E-state index >= 15 is 0 Å². The number of carbonyl (C=O) groups is 2. The van der Waals surface area contributed by atoms with Gasteiger partial charge in [-0.15, -0.1) is 11.3 Å². The fourth-order valence-electron chi connectivity index (χ4n) is 2.63. The second kappa shape index (κ2) is 6.19. The van der Waals surface area contributed by atoms with E-state index in [-0.39, 0.29) is 11.8 Å². The average Bonchev–Trinajstić information content (AvgIpc) is 2.81. The first-order valence-electron chi connectivity index (χ1n) is 6.64. The van der Waals surface area contributed by atoms with Crippen molar-refractivity contribution in [3.05, 3.63) is 21.9 Å². The number of hydrogen-bond donors (Lipinski definition) is 2. The van der Waals surface area contributed by atoms with Crippen LogP contribution < -0.4 is 5.32 Å². The maximum Gasteiger partial charge on any atom is 0.307 e. The van der Waals surface area contributed by atoms with Crippen LogP contribution in [-0.4, -0.2) is 17.0 Å². The maximum atomic E-state index is 12.1. The van der Waals surface area contributed by atoms with Crippen LogP contribution in [0.25, 0.3) is 0 Å². The lowest BCUT2D eigenvalue weighted by atomic mass is 9.79. The Balaban J connectivity index is 1.92. The van der Waals surface area contributed by atoms with Crippen LogP contribution in [0.15, 0.2) is 12.1 Å². The van der Waals surface area contributed by atoms with E-state index in [4.69, 9.17) is 5.11 Å². The number of carboxylic acid groups (broad SMARTS) is 1. The van der Waals surface area contributed by atoms with E-state index in [0.29, 0.717) is 19.4 Å². The topological polar surface area (TPSA) is 66.4 Å². The minimum Gasteiger partial charge on any atom is -0.481 e. The summed E-state index contributed by atoms with van der Waals surface area (Å²) < 4.78 is 0. The van der Waals surface area contributed by atoms with Gasteiger partial charge in [-0.3, -0.25) is 9.59 Å². The molecule has 2 unspecified atom stereocenters. The van der Waals surface area contributed by atoms with Crippen LogP contribution in [0.2, 0.25) is 0 Å². The number of amides is 1. The monoisotopic (exact) mass is 281 g/mol. The lowest BCUT2D eigenvalue weighted by Crippen LogP contribution is -2.39. The van der Waals surface area contributed by atoms with Gasteiger partial charge in [-0.2, -0.15) is 0 Å². The van der Waals surface area contributed by atoms with Gasteiger partial charge >= 0.3 is 5.97 Å². The van der Waals surface area contributed by atoms with Crippen molar-refractivity contribution in [2.75, 3.05) is 0 Å². The second-order valence-electron chi connectivity index (χ2n) is 5.07. The van der Waals surface area contributed by atoms with Gasteiger partial charge in [-0.25, -0.2) is 0 Å². The van der Waals surface area contributed by atoms with Crippen molar-refractivity contribution in [1.82, 2.24) is 5.32 Å². The molecule has 1 amide bonds. The van der Waals surface area contributed by atoms with Crippen LogP contribution in [0.4, 0.5) is 0 Å². The number of hydrogen-bond acceptors (Lipinski definition) is 3. The zero-order valence-electron chi connectivity index (χ0n) is 11.0. The van der Waals surface area contributed by atoms with Gasteiger partial charge in [0.15, 0.2) is 0 Å². The highest BCUT2D eigenvalue weighted by molar-refractivity contribution is 7.11. The summed E-state index contributed by atoms with van der Waals surface area (Å²) in [7, 11) is 0. The lowest BCUT2D eigenvalue weighted by molar-refractivity contribution is -0.148. The Kier molecular flexibility index (Phi) is 4.58. The van der Waals surface area contributed by atoms with Crippen molar-refractivity contribution < 1.29 is 14.7 Å². The third kappa shape index (κ3) is 3.56. The van der Waals surface area contributed by atoms with Gasteiger partial charge in [0.25, 0.3) is 0 Å². The van der Waals surface area contributed by atoms with Gasteiger partial charge in [0.1, 0.15) is 0 Å². The molecule has 2 rings (SSSR count). The van der Waals surface area contributed by atoms with Crippen LogP contribution in [-0.2, 0) is 16.1 Å². The van der Waals surface area contributed by atoms with Crippen LogP contribution in [0.1, 0.15) is 35.4 Å². The number of rotatable bonds is 4. The van der Waals surface area contributed by atoms with Gasteiger partial charge in [-0.1, -0.05) is 12.8 Å². The Labute approximate surface area is 116 Å². The van der Waals surface area contributed by atoms with Gasteiger partial charge < -0.3 is 10.4 Å². The summed E-state index contributed by atoms with van der Waals surface area (Å²) in [6, 6.07) is 4.02. The third-order valence-electron chi connectivity index (χ3n) is 3.65. The van der Waals surface area contributed by atoms with Gasteiger partial charge in [0.2, 0.25) is 5.91 Å². The molecule has 0 aromatic carbocycles. The zero-order chi connectivity index (χ0) is 13.8. The summed E-state index contributed by atoms with van der Waals surface area (Å²) in [5.74, 6) is -1.84. The van der Waals surface area contributed by atoms with E-state index in [0.717, 1.165) is 17.7 Å². The quantitative estimate of drug-likeness (QED) is 0.891. The molecule has 4 nitrogen and oxygen atoms in total. The molecule has 1 aliphatic rings. The number of thiophene rings is 1. The van der Waals surface area contributed by atoms with Crippen molar-refractivity contribution in [2.24, 2.45) is 11.8 Å². The minimum absolute atomic E-state index is 0.113. The van der Waals surface area contributed by atoms with Crippen LogP contribution in [0, 0.1) is 18.8 Å². The SMILES string of the molecule is Cc1ccc(CNC(=O)C2CCCCC2C(=O)O)s1. The molecule has 1 aromatic heterocycles. The predicted molar refractivity (Wildman–Crippen MR) is 74.0 cm³/mol. The van der Waals surface area contributed by atoms with E-state index < -0.39 is 11.9 Å². The van der Waals surface area contributed by atoms with Crippen molar-refractivity contribution in [3.8, 4) is 0 Å². The molecule has 1 aromatic rings. The standard InChI is InChI=1S/C14H19NO3S/c1-9-6-7-10(19-9)8-15-13(16)11-4-2-3-5-12(11)14(17)18/h6-7,11-12H,2-5,8H2,1H3,(H,15,16)(H,17,18). The molecule has 19 heavy (non-hydrogen) atoms. The highest BCUT2D eigenvalue weighted by atomic mass is 32.1. The van der Waals surface area contributed by atoms with E-state index in [2.05, 4.69) is 5.32 Å². The molecule has 1 saturated carbocycles. The minimum atomic E-state index is -0.841. The van der Waals surface area contributed by atoms with E-state index in [9.17, 15) is 9.59 Å². The maximum absolute atomic E-state index is 12.1. The Morgan fingerprint density at radius 1 is 1.32 bits per heavy atom. The lowest BCUT2D eigenvalue weighted by Gasteiger charge is -2.27. The van der Waals surface area contributed by atoms with Gasteiger partial charge in [0, 0.05) is 9.75 Å². The molecule has 0 bridgehead atoms. The van der Waals surface area contributed by atoms with E-state index in [1.807, 2.05) is 19.1 Å². The fourth-order valence-corrected chi connectivity index (χ4v) is 3.46. The molecular weight excluding hydrogens is 262 g/mol. The molecule has 1 aliphatic carbocycles. The Morgan fingerprint density at radius 2 is 2.00 bits per heavy atom. The molecule has 5 heteroatoms. The van der Waals surface area contributed by atoms with Crippen LogP contribution >= 0.6 is 11.3 Å². The zero-order valence-corrected chi connectivity index (χ0v) is 11.8. The van der Waals surface area contributed by atoms with E-state index in [1.54, 1.807) is 11.3 Å². The van der Waals surface area contributed by atoms with Crippen LogP contribution in [0.3, 0.4) is 0 Å². The summed E-state index contributed by atoms with van der Waals surface area (Å²) in [6.45, 7) is 2.53. The van der Waals surface area contributed by atoms with E-state index in [1.165, 1.54) is 4.88 Å². The molecule has 0 radical (unpaired) electrons. The molecule has 104 valence electrons. The molecule has 0 saturated heterocycles. The number of carbonyl (C=O) groups excluding carboxylic acids is 1. The predicted octanol–water partition coefficient (Wildman–Crippen LogP) is 2.56. The molecule has 0 aliphatic heterocycles. The molecular formula is C14H19NO3S. The van der Waals surface area contributed by atoms with Gasteiger partial charge in [0.05, 0.1) is 18.4 Å². The van der Waals surface area contributed by atoms with Crippen LogP contribution in [0.5, 0.6) is 0 Å². The third-order valence-corrected chi connectivity index (χ3v) is 4.65. The first-order valence-corrected chi connectivity index (χ1v) is 7.45.